The van der Waals surface area contributed by atoms with E-state index >= 15 is 0 Å². The second-order valence-electron chi connectivity index (χ2n) is 4.35. The first-order chi connectivity index (χ1) is 10.5. The Morgan fingerprint density at radius 3 is 2.64 bits per heavy atom. The summed E-state index contributed by atoms with van der Waals surface area (Å²) in [6.07, 6.45) is 1.62. The summed E-state index contributed by atoms with van der Waals surface area (Å²) in [5, 5.41) is 4.06. The summed E-state index contributed by atoms with van der Waals surface area (Å²) in [4.78, 5) is 18.0. The predicted molar refractivity (Wildman–Crippen MR) is 93.8 cm³/mol. The highest BCUT2D eigenvalue weighted by Crippen LogP contribution is 2.34. The number of hydrogen-bond donors (Lipinski definition) is 2. The third kappa shape index (κ3) is 4.41. The lowest BCUT2D eigenvalue weighted by atomic mass is 10.2. The molecular formula is C14H14Br2N4O2. The number of halogens is 2. The maximum Gasteiger partial charge on any atom is 0.252 e. The second kappa shape index (κ2) is 7.55. The van der Waals surface area contributed by atoms with Crippen molar-refractivity contribution in [2.45, 2.75) is 13.8 Å². The monoisotopic (exact) mass is 428 g/mol. The molecule has 1 heterocycles. The van der Waals surface area contributed by atoms with Gasteiger partial charge in [-0.1, -0.05) is 0 Å². The van der Waals surface area contributed by atoms with Crippen LogP contribution >= 0.6 is 31.9 Å². The fourth-order valence-corrected chi connectivity index (χ4v) is 3.19. The molecular weight excluding hydrogens is 416 g/mol. The molecule has 0 unspecified atom stereocenters. The molecule has 6 nitrogen and oxygen atoms in total. The molecule has 8 heteroatoms. The van der Waals surface area contributed by atoms with Crippen molar-refractivity contribution < 1.29 is 4.74 Å². The molecule has 1 aromatic heterocycles. The van der Waals surface area contributed by atoms with Crippen molar-refractivity contribution >= 4 is 44.0 Å². The average molecular weight is 430 g/mol. The lowest BCUT2D eigenvalue weighted by molar-refractivity contribution is 0.336. The second-order valence-corrected chi connectivity index (χ2v) is 6.06. The minimum Gasteiger partial charge on any atom is -0.492 e. The van der Waals surface area contributed by atoms with Crippen LogP contribution in [0.4, 0.5) is 5.95 Å². The Balaban J connectivity index is 2.15. The molecule has 0 fully saturated rings. The number of rotatable bonds is 5. The van der Waals surface area contributed by atoms with Crippen molar-refractivity contribution in [3.05, 3.63) is 48.8 Å². The van der Waals surface area contributed by atoms with Crippen LogP contribution in [0.25, 0.3) is 0 Å². The van der Waals surface area contributed by atoms with Gasteiger partial charge in [-0.05, 0) is 63.4 Å². The standard InChI is InChI=1S/C14H14Br2N4O2/c1-3-22-13-10(15)5-9(6-11(13)16)7-17-20-14-18-8(2)4-12(21)19-14/h4-7H,3H2,1-2H3,(H2,18,19,20,21)/b17-7-. The van der Waals surface area contributed by atoms with E-state index in [0.717, 1.165) is 20.3 Å². The number of aryl methyl sites for hydroxylation is 1. The van der Waals surface area contributed by atoms with Gasteiger partial charge in [-0.2, -0.15) is 5.10 Å². The molecule has 0 aliphatic rings. The third-order valence-electron chi connectivity index (χ3n) is 2.56. The van der Waals surface area contributed by atoms with Crippen LogP contribution in [0.3, 0.4) is 0 Å². The van der Waals surface area contributed by atoms with Crippen molar-refractivity contribution in [1.29, 1.82) is 0 Å². The Morgan fingerprint density at radius 2 is 2.05 bits per heavy atom. The zero-order valence-corrected chi connectivity index (χ0v) is 15.2. The van der Waals surface area contributed by atoms with Gasteiger partial charge < -0.3 is 4.74 Å². The quantitative estimate of drug-likeness (QED) is 0.563. The Labute approximate surface area is 144 Å². The third-order valence-corrected chi connectivity index (χ3v) is 3.74. The molecule has 0 amide bonds. The van der Waals surface area contributed by atoms with Gasteiger partial charge in [-0.15, -0.1) is 0 Å². The van der Waals surface area contributed by atoms with Crippen molar-refractivity contribution in [1.82, 2.24) is 9.97 Å². The van der Waals surface area contributed by atoms with Crippen molar-refractivity contribution in [2.24, 2.45) is 5.10 Å². The largest absolute Gasteiger partial charge is 0.492 e. The number of aromatic amines is 1. The van der Waals surface area contributed by atoms with Gasteiger partial charge in [-0.25, -0.2) is 10.4 Å². The topological polar surface area (TPSA) is 79.4 Å². The molecule has 0 saturated heterocycles. The van der Waals surface area contributed by atoms with E-state index in [1.54, 1.807) is 13.1 Å². The van der Waals surface area contributed by atoms with E-state index in [2.05, 4.69) is 52.4 Å². The summed E-state index contributed by atoms with van der Waals surface area (Å²) >= 11 is 6.92. The van der Waals surface area contributed by atoms with Gasteiger partial charge in [0.25, 0.3) is 5.56 Å². The molecule has 0 radical (unpaired) electrons. The fourth-order valence-electron chi connectivity index (χ4n) is 1.74. The van der Waals surface area contributed by atoms with Crippen LogP contribution in [0.2, 0.25) is 0 Å². The van der Waals surface area contributed by atoms with Gasteiger partial charge in [-0.3, -0.25) is 9.78 Å². The molecule has 1 aromatic carbocycles. The Hall–Kier alpha value is -1.67. The minimum absolute atomic E-state index is 0.225. The molecule has 2 rings (SSSR count). The minimum atomic E-state index is -0.225. The van der Waals surface area contributed by atoms with Crippen molar-refractivity contribution in [3.63, 3.8) is 0 Å². The van der Waals surface area contributed by atoms with Gasteiger partial charge in [0.1, 0.15) is 5.75 Å². The van der Waals surface area contributed by atoms with Crippen LogP contribution in [-0.4, -0.2) is 22.8 Å². The number of nitrogens with zero attached hydrogens (tertiary/aromatic N) is 2. The van der Waals surface area contributed by atoms with Gasteiger partial charge in [0.05, 0.1) is 21.8 Å². The lowest BCUT2D eigenvalue weighted by Crippen LogP contribution is -2.10. The summed E-state index contributed by atoms with van der Waals surface area (Å²) in [7, 11) is 0. The first kappa shape index (κ1) is 16.7. The summed E-state index contributed by atoms with van der Waals surface area (Å²) < 4.78 is 7.17. The maximum atomic E-state index is 11.3. The van der Waals surface area contributed by atoms with Gasteiger partial charge in [0.15, 0.2) is 0 Å². The number of hydrogen-bond acceptors (Lipinski definition) is 5. The molecule has 2 aromatic rings. The van der Waals surface area contributed by atoms with Crippen molar-refractivity contribution in [3.8, 4) is 5.75 Å². The van der Waals surface area contributed by atoms with Crippen molar-refractivity contribution in [2.75, 3.05) is 12.0 Å². The summed E-state index contributed by atoms with van der Waals surface area (Å²) in [6.45, 7) is 4.25. The van der Waals surface area contributed by atoms with E-state index in [-0.39, 0.29) is 5.56 Å². The predicted octanol–water partition coefficient (Wildman–Crippen LogP) is 3.45. The fraction of sp³-hybridized carbons (Fsp3) is 0.214. The maximum absolute atomic E-state index is 11.3. The number of hydrazone groups is 1. The highest BCUT2D eigenvalue weighted by atomic mass is 79.9. The summed E-state index contributed by atoms with van der Waals surface area (Å²) in [5.41, 5.74) is 3.94. The normalized spacial score (nSPS) is 10.9. The van der Waals surface area contributed by atoms with Crippen LogP contribution in [0, 0.1) is 6.92 Å². The van der Waals surface area contributed by atoms with E-state index in [1.807, 2.05) is 19.1 Å². The molecule has 0 atom stereocenters. The van der Waals surface area contributed by atoms with E-state index in [4.69, 9.17) is 4.74 Å². The molecule has 0 bridgehead atoms. The Bertz CT molecular complexity index is 736. The number of anilines is 1. The highest BCUT2D eigenvalue weighted by Gasteiger charge is 2.07. The highest BCUT2D eigenvalue weighted by molar-refractivity contribution is 9.11. The number of nitrogens with one attached hydrogen (secondary N) is 2. The molecule has 2 N–H and O–H groups in total. The smallest absolute Gasteiger partial charge is 0.252 e. The first-order valence-electron chi connectivity index (χ1n) is 6.48. The SMILES string of the molecule is CCOc1c(Br)cc(/C=N\Nc2nc(C)cc(=O)[nH]2)cc1Br. The molecule has 0 aliphatic carbocycles. The first-order valence-corrected chi connectivity index (χ1v) is 8.07. The van der Waals surface area contributed by atoms with E-state index in [9.17, 15) is 4.79 Å². The van der Waals surface area contributed by atoms with Crippen LogP contribution in [0.1, 0.15) is 18.2 Å². The van der Waals surface area contributed by atoms with Crippen LogP contribution in [-0.2, 0) is 0 Å². The average Bonchev–Trinajstić information content (AvgIpc) is 2.42. The summed E-state index contributed by atoms with van der Waals surface area (Å²) in [5.74, 6) is 1.04. The molecule has 0 spiro atoms. The van der Waals surface area contributed by atoms with Crippen LogP contribution in [0.5, 0.6) is 5.75 Å². The molecule has 0 saturated carbocycles. The van der Waals surface area contributed by atoms with Gasteiger partial charge >= 0.3 is 0 Å². The van der Waals surface area contributed by atoms with Gasteiger partial charge in [0, 0.05) is 11.8 Å². The molecule has 116 valence electrons. The van der Waals surface area contributed by atoms with E-state index in [1.165, 1.54) is 6.07 Å². The Morgan fingerprint density at radius 1 is 1.36 bits per heavy atom. The number of aromatic nitrogens is 2. The summed E-state index contributed by atoms with van der Waals surface area (Å²) in [6, 6.07) is 5.18. The number of H-pyrrole nitrogens is 1. The van der Waals surface area contributed by atoms with Crippen LogP contribution < -0.4 is 15.7 Å². The number of benzene rings is 1. The zero-order valence-electron chi connectivity index (χ0n) is 12.0. The van der Waals surface area contributed by atoms with E-state index in [0.29, 0.717) is 18.2 Å². The lowest BCUT2D eigenvalue weighted by Gasteiger charge is -2.09. The molecule has 0 aliphatic heterocycles. The van der Waals surface area contributed by atoms with Crippen LogP contribution in [0.15, 0.2) is 37.0 Å². The zero-order chi connectivity index (χ0) is 16.1. The molecule has 22 heavy (non-hydrogen) atoms. The van der Waals surface area contributed by atoms with Gasteiger partial charge in [0.2, 0.25) is 5.95 Å². The van der Waals surface area contributed by atoms with E-state index < -0.39 is 0 Å². The Kier molecular flexibility index (Phi) is 5.73. The number of ether oxygens (including phenoxy) is 1.